The SMILES string of the molecule is CC(C)c1nnc2c(N)cc(Cl)nn12. The summed E-state index contributed by atoms with van der Waals surface area (Å²) < 4.78 is 1.59. The largest absolute Gasteiger partial charge is 0.396 e. The summed E-state index contributed by atoms with van der Waals surface area (Å²) in [4.78, 5) is 0. The topological polar surface area (TPSA) is 69.1 Å². The lowest BCUT2D eigenvalue weighted by Crippen LogP contribution is -2.02. The first kappa shape index (κ1) is 9.21. The molecule has 2 heterocycles. The standard InChI is InChI=1S/C8H10ClN5/c1-4(2)7-11-12-8-5(10)3-6(9)13-14(7)8/h3-4H,10H2,1-2H3. The molecule has 2 aromatic heterocycles. The number of halogens is 1. The van der Waals surface area contributed by atoms with E-state index in [2.05, 4.69) is 15.3 Å². The van der Waals surface area contributed by atoms with Gasteiger partial charge in [0.15, 0.2) is 11.0 Å². The average Bonchev–Trinajstić information content (AvgIpc) is 2.47. The molecule has 0 aromatic carbocycles. The van der Waals surface area contributed by atoms with Crippen molar-refractivity contribution in [1.82, 2.24) is 19.8 Å². The number of anilines is 1. The Kier molecular flexibility index (Phi) is 2.03. The Balaban J connectivity index is 2.78. The van der Waals surface area contributed by atoms with Gasteiger partial charge in [-0.1, -0.05) is 25.4 Å². The molecular weight excluding hydrogens is 202 g/mol. The minimum absolute atomic E-state index is 0.232. The van der Waals surface area contributed by atoms with Gasteiger partial charge in [0.2, 0.25) is 5.65 Å². The van der Waals surface area contributed by atoms with Crippen LogP contribution in [-0.2, 0) is 0 Å². The molecule has 0 bridgehead atoms. The molecular formula is C8H10ClN5. The Morgan fingerprint density at radius 1 is 1.43 bits per heavy atom. The Morgan fingerprint density at radius 3 is 2.79 bits per heavy atom. The van der Waals surface area contributed by atoms with Crippen molar-refractivity contribution in [3.05, 3.63) is 17.0 Å². The lowest BCUT2D eigenvalue weighted by atomic mass is 10.2. The fourth-order valence-corrected chi connectivity index (χ4v) is 1.44. The molecule has 6 heteroatoms. The van der Waals surface area contributed by atoms with Crippen molar-refractivity contribution in [2.24, 2.45) is 0 Å². The molecule has 74 valence electrons. The van der Waals surface area contributed by atoms with Gasteiger partial charge < -0.3 is 5.73 Å². The molecule has 2 N–H and O–H groups in total. The Bertz CT molecular complexity index is 476. The van der Waals surface area contributed by atoms with E-state index in [1.165, 1.54) is 0 Å². The number of rotatable bonds is 1. The van der Waals surface area contributed by atoms with Crippen LogP contribution < -0.4 is 5.73 Å². The Morgan fingerprint density at radius 2 is 2.14 bits per heavy atom. The van der Waals surface area contributed by atoms with E-state index in [1.54, 1.807) is 10.6 Å². The number of nitrogens with zero attached hydrogens (tertiary/aromatic N) is 4. The third-order valence-corrected chi connectivity index (χ3v) is 2.09. The summed E-state index contributed by atoms with van der Waals surface area (Å²) in [5.41, 5.74) is 6.77. The fraction of sp³-hybridized carbons (Fsp3) is 0.375. The molecule has 0 unspecified atom stereocenters. The minimum atomic E-state index is 0.232. The van der Waals surface area contributed by atoms with Crippen LogP contribution in [0.2, 0.25) is 5.15 Å². The van der Waals surface area contributed by atoms with Crippen LogP contribution >= 0.6 is 11.6 Å². The Labute approximate surface area is 85.9 Å². The van der Waals surface area contributed by atoms with Crippen molar-refractivity contribution in [3.63, 3.8) is 0 Å². The van der Waals surface area contributed by atoms with Crippen molar-refractivity contribution < 1.29 is 0 Å². The molecule has 0 radical (unpaired) electrons. The monoisotopic (exact) mass is 211 g/mol. The van der Waals surface area contributed by atoms with Crippen LogP contribution in [-0.4, -0.2) is 19.8 Å². The van der Waals surface area contributed by atoms with Crippen LogP contribution in [0, 0.1) is 0 Å². The van der Waals surface area contributed by atoms with Crippen LogP contribution in [0.25, 0.3) is 5.65 Å². The molecule has 0 saturated carbocycles. The zero-order valence-corrected chi connectivity index (χ0v) is 8.65. The molecule has 0 aliphatic heterocycles. The second-order valence-corrected chi connectivity index (χ2v) is 3.76. The summed E-state index contributed by atoms with van der Waals surface area (Å²) in [5.74, 6) is 0.990. The van der Waals surface area contributed by atoms with Gasteiger partial charge in [-0.2, -0.15) is 9.61 Å². The highest BCUT2D eigenvalue weighted by Gasteiger charge is 2.12. The molecule has 0 aliphatic rings. The summed E-state index contributed by atoms with van der Waals surface area (Å²) in [6.07, 6.45) is 0. The summed E-state index contributed by atoms with van der Waals surface area (Å²) in [7, 11) is 0. The van der Waals surface area contributed by atoms with Gasteiger partial charge in [-0.15, -0.1) is 10.2 Å². The van der Waals surface area contributed by atoms with Gasteiger partial charge in [0.1, 0.15) is 0 Å². The fourth-order valence-electron chi connectivity index (χ4n) is 1.25. The molecule has 0 spiro atoms. The van der Waals surface area contributed by atoms with Gasteiger partial charge in [0, 0.05) is 12.0 Å². The van der Waals surface area contributed by atoms with Gasteiger partial charge >= 0.3 is 0 Å². The van der Waals surface area contributed by atoms with Crippen LogP contribution in [0.5, 0.6) is 0 Å². The van der Waals surface area contributed by atoms with Crippen LogP contribution in [0.4, 0.5) is 5.69 Å². The molecule has 0 saturated heterocycles. The van der Waals surface area contributed by atoms with E-state index in [1.807, 2.05) is 13.8 Å². The van der Waals surface area contributed by atoms with Gasteiger partial charge in [0.25, 0.3) is 0 Å². The van der Waals surface area contributed by atoms with Crippen molar-refractivity contribution in [1.29, 1.82) is 0 Å². The molecule has 14 heavy (non-hydrogen) atoms. The number of hydrogen-bond acceptors (Lipinski definition) is 4. The van der Waals surface area contributed by atoms with Gasteiger partial charge in [-0.25, -0.2) is 0 Å². The summed E-state index contributed by atoms with van der Waals surface area (Å²) in [6, 6.07) is 1.57. The van der Waals surface area contributed by atoms with Crippen LogP contribution in [0.3, 0.4) is 0 Å². The predicted molar refractivity (Wildman–Crippen MR) is 54.3 cm³/mol. The second kappa shape index (κ2) is 3.09. The number of fused-ring (bicyclic) bond motifs is 1. The zero-order chi connectivity index (χ0) is 10.3. The molecule has 0 aliphatic carbocycles. The maximum absolute atomic E-state index is 5.79. The third-order valence-electron chi connectivity index (χ3n) is 1.91. The highest BCUT2D eigenvalue weighted by Crippen LogP contribution is 2.19. The van der Waals surface area contributed by atoms with Crippen LogP contribution in [0.1, 0.15) is 25.6 Å². The van der Waals surface area contributed by atoms with E-state index in [4.69, 9.17) is 17.3 Å². The molecule has 2 rings (SSSR count). The van der Waals surface area contributed by atoms with Gasteiger partial charge in [-0.3, -0.25) is 0 Å². The predicted octanol–water partition coefficient (Wildman–Crippen LogP) is 1.48. The maximum atomic E-state index is 5.79. The molecule has 0 amide bonds. The smallest absolute Gasteiger partial charge is 0.200 e. The first-order valence-corrected chi connectivity index (χ1v) is 4.64. The minimum Gasteiger partial charge on any atom is -0.396 e. The lowest BCUT2D eigenvalue weighted by Gasteiger charge is -2.02. The van der Waals surface area contributed by atoms with Crippen molar-refractivity contribution in [3.8, 4) is 0 Å². The van der Waals surface area contributed by atoms with Crippen molar-refractivity contribution in [2.45, 2.75) is 19.8 Å². The normalized spacial score (nSPS) is 11.4. The summed E-state index contributed by atoms with van der Waals surface area (Å²) in [6.45, 7) is 4.02. The maximum Gasteiger partial charge on any atom is 0.200 e. The molecule has 0 atom stereocenters. The lowest BCUT2D eigenvalue weighted by molar-refractivity contribution is 0.721. The molecule has 2 aromatic rings. The quantitative estimate of drug-likeness (QED) is 0.776. The van der Waals surface area contributed by atoms with Crippen molar-refractivity contribution in [2.75, 3.05) is 5.73 Å². The van der Waals surface area contributed by atoms with E-state index in [0.717, 1.165) is 5.82 Å². The van der Waals surface area contributed by atoms with E-state index >= 15 is 0 Å². The number of nitrogen functional groups attached to an aromatic ring is 1. The number of nitrogens with two attached hydrogens (primary N) is 1. The number of hydrogen-bond donors (Lipinski definition) is 1. The van der Waals surface area contributed by atoms with E-state index in [-0.39, 0.29) is 5.92 Å². The van der Waals surface area contributed by atoms with E-state index in [0.29, 0.717) is 16.5 Å². The van der Waals surface area contributed by atoms with Gasteiger partial charge in [0.05, 0.1) is 5.69 Å². The Hall–Kier alpha value is -1.36. The molecule has 5 nitrogen and oxygen atoms in total. The second-order valence-electron chi connectivity index (χ2n) is 3.37. The molecule has 0 fully saturated rings. The first-order valence-electron chi connectivity index (χ1n) is 4.27. The van der Waals surface area contributed by atoms with E-state index in [9.17, 15) is 0 Å². The van der Waals surface area contributed by atoms with E-state index < -0.39 is 0 Å². The van der Waals surface area contributed by atoms with Gasteiger partial charge in [-0.05, 0) is 0 Å². The van der Waals surface area contributed by atoms with Crippen molar-refractivity contribution >= 4 is 22.9 Å². The zero-order valence-electron chi connectivity index (χ0n) is 7.90. The first-order chi connectivity index (χ1) is 6.59. The highest BCUT2D eigenvalue weighted by atomic mass is 35.5. The van der Waals surface area contributed by atoms with Crippen LogP contribution in [0.15, 0.2) is 6.07 Å². The third kappa shape index (κ3) is 1.29. The summed E-state index contributed by atoms with van der Waals surface area (Å²) >= 11 is 5.79. The average molecular weight is 212 g/mol. The summed E-state index contributed by atoms with van der Waals surface area (Å²) in [5, 5.41) is 12.4. The highest BCUT2D eigenvalue weighted by molar-refractivity contribution is 6.29. The number of aromatic nitrogens is 4.